The van der Waals surface area contributed by atoms with E-state index in [1.165, 1.54) is 12.1 Å². The largest absolute Gasteiger partial charge is 0.490 e. The molecule has 4 rings (SSSR count). The zero-order chi connectivity index (χ0) is 24.8. The van der Waals surface area contributed by atoms with E-state index in [1.807, 2.05) is 11.8 Å². The third-order valence-corrected chi connectivity index (χ3v) is 5.84. The molecule has 0 bridgehead atoms. The van der Waals surface area contributed by atoms with Crippen molar-refractivity contribution in [1.82, 2.24) is 25.3 Å². The van der Waals surface area contributed by atoms with Crippen LogP contribution in [0.25, 0.3) is 11.6 Å². The number of unbranched alkanes of at least 4 members (excludes halogenated alkanes) is 2. The SMILES string of the molecule is CC1c2cnc(-c3ncccn3)nc2CCN1c1cc(F)c(F)c(OCCCCCNC(=O)O)c1. The minimum Gasteiger partial charge on any atom is -0.490 e. The Morgan fingerprint density at radius 2 is 1.97 bits per heavy atom. The number of carboxylic acid groups (broad SMARTS) is 1. The van der Waals surface area contributed by atoms with E-state index in [2.05, 4.69) is 25.3 Å². The average molecular weight is 485 g/mol. The molecule has 1 aliphatic rings. The highest BCUT2D eigenvalue weighted by Crippen LogP contribution is 2.36. The van der Waals surface area contributed by atoms with Gasteiger partial charge in [0, 0.05) is 61.5 Å². The van der Waals surface area contributed by atoms with Gasteiger partial charge in [-0.3, -0.25) is 0 Å². The number of rotatable bonds is 9. The van der Waals surface area contributed by atoms with Crippen molar-refractivity contribution in [3.8, 4) is 17.4 Å². The van der Waals surface area contributed by atoms with Crippen molar-refractivity contribution < 1.29 is 23.4 Å². The third-order valence-electron chi connectivity index (χ3n) is 5.84. The van der Waals surface area contributed by atoms with Gasteiger partial charge in [0.15, 0.2) is 23.2 Å². The van der Waals surface area contributed by atoms with Crippen molar-refractivity contribution in [3.05, 3.63) is 59.7 Å². The van der Waals surface area contributed by atoms with Crippen LogP contribution in [0.2, 0.25) is 0 Å². The van der Waals surface area contributed by atoms with Gasteiger partial charge in [0.25, 0.3) is 0 Å². The molecular weight excluding hydrogens is 458 g/mol. The highest BCUT2D eigenvalue weighted by Gasteiger charge is 2.28. The molecule has 0 fully saturated rings. The Kier molecular flexibility index (Phi) is 7.64. The number of fused-ring (bicyclic) bond motifs is 1. The molecule has 3 aromatic rings. The fourth-order valence-electron chi connectivity index (χ4n) is 4.04. The average Bonchev–Trinajstić information content (AvgIpc) is 2.86. The molecule has 2 N–H and O–H groups in total. The summed E-state index contributed by atoms with van der Waals surface area (Å²) < 4.78 is 34.3. The highest BCUT2D eigenvalue weighted by atomic mass is 19.2. The van der Waals surface area contributed by atoms with Gasteiger partial charge in [-0.05, 0) is 32.3 Å². The summed E-state index contributed by atoms with van der Waals surface area (Å²) in [5, 5.41) is 10.8. The van der Waals surface area contributed by atoms with E-state index in [4.69, 9.17) is 9.84 Å². The number of nitrogens with one attached hydrogen (secondary N) is 1. The maximum Gasteiger partial charge on any atom is 0.404 e. The molecule has 0 saturated heterocycles. The number of anilines is 1. The Bertz CT molecular complexity index is 1180. The number of ether oxygens (including phenoxy) is 1. The van der Waals surface area contributed by atoms with Crippen LogP contribution in [0, 0.1) is 11.6 Å². The molecule has 11 heteroatoms. The first-order valence-electron chi connectivity index (χ1n) is 11.4. The van der Waals surface area contributed by atoms with Crippen LogP contribution in [0.3, 0.4) is 0 Å². The lowest BCUT2D eigenvalue weighted by atomic mass is 9.98. The van der Waals surface area contributed by atoms with Crippen LogP contribution >= 0.6 is 0 Å². The van der Waals surface area contributed by atoms with Crippen molar-refractivity contribution in [2.24, 2.45) is 0 Å². The number of benzene rings is 1. The minimum atomic E-state index is -1.07. The molecular formula is C24H26F2N6O3. The number of aromatic nitrogens is 4. The van der Waals surface area contributed by atoms with Gasteiger partial charge < -0.3 is 20.1 Å². The van der Waals surface area contributed by atoms with Crippen LogP contribution in [0.4, 0.5) is 19.3 Å². The number of hydrogen-bond donors (Lipinski definition) is 2. The molecule has 35 heavy (non-hydrogen) atoms. The molecule has 1 aromatic carbocycles. The van der Waals surface area contributed by atoms with Gasteiger partial charge >= 0.3 is 6.09 Å². The van der Waals surface area contributed by atoms with E-state index in [-0.39, 0.29) is 18.4 Å². The minimum absolute atomic E-state index is 0.144. The predicted molar refractivity (Wildman–Crippen MR) is 124 cm³/mol. The van der Waals surface area contributed by atoms with E-state index in [0.717, 1.165) is 11.3 Å². The standard InChI is InChI=1S/C24H26F2N6O3/c1-15-17-14-30-23(22-27-8-5-9-28-22)31-19(17)6-10-32(15)16-12-18(25)21(26)20(13-16)35-11-4-2-3-7-29-24(33)34/h5,8-9,12-15,29H,2-4,6-7,10-11H2,1H3,(H,33,34). The van der Waals surface area contributed by atoms with Gasteiger partial charge in [0.05, 0.1) is 18.3 Å². The molecule has 3 heterocycles. The van der Waals surface area contributed by atoms with Gasteiger partial charge in [0.1, 0.15) is 0 Å². The number of halogens is 2. The maximum absolute atomic E-state index is 14.4. The Labute approximate surface area is 201 Å². The Morgan fingerprint density at radius 1 is 1.17 bits per heavy atom. The van der Waals surface area contributed by atoms with E-state index in [9.17, 15) is 13.6 Å². The van der Waals surface area contributed by atoms with E-state index in [0.29, 0.717) is 56.1 Å². The van der Waals surface area contributed by atoms with Crippen molar-refractivity contribution in [2.45, 2.75) is 38.6 Å². The summed E-state index contributed by atoms with van der Waals surface area (Å²) in [4.78, 5) is 29.8. The molecule has 1 amide bonds. The normalized spacial score (nSPS) is 14.9. The maximum atomic E-state index is 14.4. The van der Waals surface area contributed by atoms with Crippen LogP contribution in [0.15, 0.2) is 36.8 Å². The van der Waals surface area contributed by atoms with Crippen molar-refractivity contribution in [2.75, 3.05) is 24.6 Å². The molecule has 1 aliphatic heterocycles. The molecule has 1 atom stereocenters. The monoisotopic (exact) mass is 484 g/mol. The first-order valence-corrected chi connectivity index (χ1v) is 11.4. The molecule has 0 spiro atoms. The first-order chi connectivity index (χ1) is 16.9. The summed E-state index contributed by atoms with van der Waals surface area (Å²) in [5.41, 5.74) is 2.29. The van der Waals surface area contributed by atoms with Crippen LogP contribution in [0.1, 0.15) is 43.5 Å². The Morgan fingerprint density at radius 3 is 2.74 bits per heavy atom. The number of hydrogen-bond acceptors (Lipinski definition) is 7. The zero-order valence-electron chi connectivity index (χ0n) is 19.2. The number of amides is 1. The van der Waals surface area contributed by atoms with Crippen LogP contribution in [0.5, 0.6) is 5.75 Å². The first kappa shape index (κ1) is 24.2. The lowest BCUT2D eigenvalue weighted by Crippen LogP contribution is -2.35. The summed E-state index contributed by atoms with van der Waals surface area (Å²) in [6, 6.07) is 4.25. The highest BCUT2D eigenvalue weighted by molar-refractivity contribution is 5.64. The topological polar surface area (TPSA) is 113 Å². The van der Waals surface area contributed by atoms with Crippen molar-refractivity contribution >= 4 is 11.8 Å². The quantitative estimate of drug-likeness (QED) is 0.436. The summed E-state index contributed by atoms with van der Waals surface area (Å²) in [6.45, 7) is 3.06. The van der Waals surface area contributed by atoms with Gasteiger partial charge in [-0.2, -0.15) is 4.39 Å². The second-order valence-electron chi connectivity index (χ2n) is 8.17. The number of nitrogens with zero attached hydrogens (tertiary/aromatic N) is 5. The summed E-state index contributed by atoms with van der Waals surface area (Å²) in [6.07, 6.45) is 6.46. The van der Waals surface area contributed by atoms with Gasteiger partial charge in [-0.15, -0.1) is 0 Å². The zero-order valence-corrected chi connectivity index (χ0v) is 19.2. The second kappa shape index (κ2) is 11.0. The van der Waals surface area contributed by atoms with Gasteiger partial charge in [0.2, 0.25) is 5.82 Å². The lowest BCUT2D eigenvalue weighted by Gasteiger charge is -2.36. The Balaban J connectivity index is 1.44. The van der Waals surface area contributed by atoms with E-state index in [1.54, 1.807) is 24.7 Å². The predicted octanol–water partition coefficient (Wildman–Crippen LogP) is 4.15. The Hall–Kier alpha value is -3.89. The van der Waals surface area contributed by atoms with Crippen LogP contribution < -0.4 is 15.0 Å². The van der Waals surface area contributed by atoms with Crippen LogP contribution in [-0.2, 0) is 6.42 Å². The molecule has 1 unspecified atom stereocenters. The van der Waals surface area contributed by atoms with Gasteiger partial charge in [-0.25, -0.2) is 29.1 Å². The molecule has 9 nitrogen and oxygen atoms in total. The fourth-order valence-corrected chi connectivity index (χ4v) is 4.04. The van der Waals surface area contributed by atoms with Crippen LogP contribution in [-0.4, -0.2) is 50.8 Å². The van der Waals surface area contributed by atoms with E-state index >= 15 is 0 Å². The number of carbonyl (C=O) groups is 1. The molecule has 2 aromatic heterocycles. The fraction of sp³-hybridized carbons (Fsp3) is 0.375. The van der Waals surface area contributed by atoms with Gasteiger partial charge in [-0.1, -0.05) is 0 Å². The summed E-state index contributed by atoms with van der Waals surface area (Å²) in [7, 11) is 0. The van der Waals surface area contributed by atoms with Crippen molar-refractivity contribution in [3.63, 3.8) is 0 Å². The smallest absolute Gasteiger partial charge is 0.404 e. The summed E-state index contributed by atoms with van der Waals surface area (Å²) >= 11 is 0. The lowest BCUT2D eigenvalue weighted by molar-refractivity contribution is 0.194. The van der Waals surface area contributed by atoms with E-state index < -0.39 is 17.7 Å². The van der Waals surface area contributed by atoms with Crippen molar-refractivity contribution in [1.29, 1.82) is 0 Å². The molecule has 184 valence electrons. The summed E-state index contributed by atoms with van der Waals surface area (Å²) in [5.74, 6) is -1.25. The second-order valence-corrected chi connectivity index (χ2v) is 8.17. The molecule has 0 aliphatic carbocycles. The third kappa shape index (κ3) is 5.79. The molecule has 0 radical (unpaired) electrons. The molecule has 0 saturated carbocycles.